The van der Waals surface area contributed by atoms with Gasteiger partial charge in [-0.15, -0.1) is 5.06 Å². The van der Waals surface area contributed by atoms with Crippen LogP contribution in [0.2, 0.25) is 0 Å². The van der Waals surface area contributed by atoms with E-state index in [0.717, 1.165) is 24.4 Å². The number of likely N-dealkylation sites (tertiary alicyclic amines) is 1. The summed E-state index contributed by atoms with van der Waals surface area (Å²) in [5, 5.41) is 6.33. The molecule has 156 valence electrons. The molecule has 0 aromatic carbocycles. The molecule has 2 heterocycles. The number of nitrogens with zero attached hydrogens (tertiary/aromatic N) is 2. The third-order valence-corrected chi connectivity index (χ3v) is 4.90. The molecule has 2 aliphatic heterocycles. The Bertz CT molecular complexity index is 618. The van der Waals surface area contributed by atoms with Crippen LogP contribution in [-0.2, 0) is 24.0 Å². The molecule has 28 heavy (non-hydrogen) atoms. The van der Waals surface area contributed by atoms with Crippen LogP contribution >= 0.6 is 0 Å². The summed E-state index contributed by atoms with van der Waals surface area (Å²) in [6.45, 7) is 9.07. The number of hydrogen-bond acceptors (Lipinski definition) is 6. The van der Waals surface area contributed by atoms with Gasteiger partial charge in [-0.3, -0.25) is 19.3 Å². The molecule has 3 amide bonds. The molecular formula is C19H30N4O5. The highest BCUT2D eigenvalue weighted by Crippen LogP contribution is 2.21. The SMILES string of the molecule is C=C1CCC(=O)N1O[13C](=O)CC[15NH]C(=O)CC[15NH]C(=O)[13CH]1[13CH2][13CH2][13CH2]N1C([13CH3])[13CH3]. The number of carbonyl (C=O) groups is 4. The Morgan fingerprint density at radius 1 is 1.18 bits per heavy atom. The van der Waals surface area contributed by atoms with Gasteiger partial charge in [-0.2, -0.15) is 0 Å². The van der Waals surface area contributed by atoms with Crippen LogP contribution in [-0.4, -0.2) is 65.4 Å². The summed E-state index contributed by atoms with van der Waals surface area (Å²) in [6.07, 6.45) is 2.68. The second-order valence-corrected chi connectivity index (χ2v) is 7.35. The first kappa shape index (κ1) is 21.9. The van der Waals surface area contributed by atoms with Gasteiger partial charge in [-0.05, 0) is 39.7 Å². The van der Waals surface area contributed by atoms with Gasteiger partial charge in [0.05, 0.1) is 18.2 Å². The molecular weight excluding hydrogens is 373 g/mol. The van der Waals surface area contributed by atoms with Crippen molar-refractivity contribution >= 4 is 23.7 Å². The Kier molecular flexibility index (Phi) is 7.98. The zero-order chi connectivity index (χ0) is 20.7. The van der Waals surface area contributed by atoms with E-state index in [1.54, 1.807) is 0 Å². The van der Waals surface area contributed by atoms with Crippen molar-refractivity contribution in [2.45, 2.75) is 64.5 Å². The maximum Gasteiger partial charge on any atom is 0.334 e. The highest BCUT2D eigenvalue weighted by atomic mass is 16.8. The lowest BCUT2D eigenvalue weighted by atomic mass is 10.3. The van der Waals surface area contributed by atoms with E-state index in [-0.39, 0.29) is 56.1 Å². The summed E-state index contributed by atoms with van der Waals surface area (Å²) < 4.78 is 0. The van der Waals surface area contributed by atoms with Crippen molar-refractivity contribution in [3.63, 3.8) is 0 Å². The highest BCUT2D eigenvalue weighted by Gasteiger charge is 2.32. The first-order valence-corrected chi connectivity index (χ1v) is 9.81. The van der Waals surface area contributed by atoms with Crippen LogP contribution in [0.4, 0.5) is 0 Å². The van der Waals surface area contributed by atoms with Crippen LogP contribution in [0.5, 0.6) is 0 Å². The maximum absolute atomic E-state index is 12.3. The summed E-state index contributed by atoms with van der Waals surface area (Å²) in [6, 6.07) is 0.190. The fourth-order valence-electron chi connectivity index (χ4n) is 3.39. The molecule has 0 saturated carbocycles. The van der Waals surface area contributed by atoms with Crippen molar-refractivity contribution in [1.82, 2.24) is 20.6 Å². The Morgan fingerprint density at radius 2 is 1.89 bits per heavy atom. The van der Waals surface area contributed by atoms with Gasteiger partial charge in [0, 0.05) is 32.0 Å². The molecule has 0 aromatic rings. The van der Waals surface area contributed by atoms with Crippen LogP contribution in [0.25, 0.3) is 0 Å². The number of rotatable bonds is 9. The number of carbonyl (C=O) groups excluding carboxylic acids is 4. The average molecular weight is 403 g/mol. The van der Waals surface area contributed by atoms with Crippen molar-refractivity contribution in [3.05, 3.63) is 12.3 Å². The standard InChI is InChI=1S/C19H30N4O5/c1-13(2)22-12-4-5-15(22)19(27)21-10-8-16(24)20-11-9-18(26)28-23-14(3)6-7-17(23)25/h13,15H,3-12H2,1-2H3,(H,20,24)(H,21,27)/i1+1,2+1,4+1,5+1,12+1,15+1,18+1,20+1,21+1. The molecule has 2 aliphatic rings. The van der Waals surface area contributed by atoms with Gasteiger partial charge in [-0.25, -0.2) is 4.79 Å². The minimum Gasteiger partial charge on any atom is -0.355 e. The second-order valence-electron chi connectivity index (χ2n) is 7.35. The smallest absolute Gasteiger partial charge is 0.334 e. The molecule has 1 unspecified atom stereocenters. The molecule has 0 spiro atoms. The Balaban J connectivity index is 1.58. The third-order valence-electron chi connectivity index (χ3n) is 4.90. The second kappa shape index (κ2) is 10.2. The quantitative estimate of drug-likeness (QED) is 0.428. The zero-order valence-electron chi connectivity index (χ0n) is 16.7. The Hall–Kier alpha value is -2.42. The minimum atomic E-state index is -0.611. The van der Waals surface area contributed by atoms with Crippen molar-refractivity contribution in [2.24, 2.45) is 0 Å². The Morgan fingerprint density at radius 3 is 2.54 bits per heavy atom. The molecule has 2 rings (SSSR count). The van der Waals surface area contributed by atoms with E-state index in [2.05, 4.69) is 36.0 Å². The molecule has 9 nitrogen and oxygen atoms in total. The molecule has 0 bridgehead atoms. The van der Waals surface area contributed by atoms with Crippen LogP contribution in [0.1, 0.15) is 52.4 Å². The van der Waals surface area contributed by atoms with E-state index in [1.165, 1.54) is 0 Å². The van der Waals surface area contributed by atoms with E-state index in [0.29, 0.717) is 18.2 Å². The zero-order valence-corrected chi connectivity index (χ0v) is 16.7. The van der Waals surface area contributed by atoms with Gasteiger partial charge in [0.25, 0.3) is 5.91 Å². The van der Waals surface area contributed by atoms with Crippen molar-refractivity contribution < 1.29 is 24.0 Å². The predicted molar refractivity (Wildman–Crippen MR) is 101 cm³/mol. The molecule has 2 saturated heterocycles. The van der Waals surface area contributed by atoms with E-state index in [4.69, 9.17) is 4.84 Å². The van der Waals surface area contributed by atoms with Crippen LogP contribution < -0.4 is 10.6 Å². The van der Waals surface area contributed by atoms with Crippen LogP contribution in [0.15, 0.2) is 12.3 Å². The summed E-state index contributed by atoms with van der Waals surface area (Å²) in [5.74, 6) is -1.21. The summed E-state index contributed by atoms with van der Waals surface area (Å²) in [4.78, 5) is 54.5. The molecule has 0 aromatic heterocycles. The third kappa shape index (κ3) is 6.05. The number of hydroxylamine groups is 2. The number of hydrogen-bond donors (Lipinski definition) is 2. The Labute approximate surface area is 165 Å². The van der Waals surface area contributed by atoms with Gasteiger partial charge in [0.2, 0.25) is 11.8 Å². The first-order valence-electron chi connectivity index (χ1n) is 9.81. The van der Waals surface area contributed by atoms with Gasteiger partial charge < -0.3 is 15.5 Å². The first-order chi connectivity index (χ1) is 13.3. The lowest BCUT2D eigenvalue weighted by Gasteiger charge is -2.27. The average Bonchev–Trinajstić information content (AvgIpc) is 3.24. The van der Waals surface area contributed by atoms with Gasteiger partial charge in [0.1, 0.15) is 0 Å². The van der Waals surface area contributed by atoms with Gasteiger partial charge in [-0.1, -0.05) is 6.58 Å². The van der Waals surface area contributed by atoms with Crippen molar-refractivity contribution in [2.75, 3.05) is 19.6 Å². The summed E-state index contributed by atoms with van der Waals surface area (Å²) in [5.41, 5.74) is 0.455. The number of nitrogens with one attached hydrogen (secondary N) is 2. The van der Waals surface area contributed by atoms with Gasteiger partial charge in [0.15, 0.2) is 0 Å². The van der Waals surface area contributed by atoms with Crippen molar-refractivity contribution in [1.29, 1.82) is 0 Å². The molecule has 9 heteroatoms. The van der Waals surface area contributed by atoms with E-state index >= 15 is 0 Å². The highest BCUT2D eigenvalue weighted by molar-refractivity contribution is 5.83. The lowest BCUT2D eigenvalue weighted by Crippen LogP contribution is -2.46. The minimum absolute atomic E-state index is 0.0434. The summed E-state index contributed by atoms with van der Waals surface area (Å²) >= 11 is 0. The fourth-order valence-corrected chi connectivity index (χ4v) is 3.39. The van der Waals surface area contributed by atoms with Crippen LogP contribution in [0, 0.1) is 0 Å². The molecule has 0 aliphatic carbocycles. The predicted octanol–water partition coefficient (Wildman–Crippen LogP) is 0.466. The van der Waals surface area contributed by atoms with E-state index < -0.39 is 5.97 Å². The molecule has 0 radical (unpaired) electrons. The molecule has 2 N–H and O–H groups in total. The van der Waals surface area contributed by atoms with Gasteiger partial charge >= 0.3 is 5.97 Å². The monoisotopic (exact) mass is 403 g/mol. The number of amides is 3. The topological polar surface area (TPSA) is 108 Å². The van der Waals surface area contributed by atoms with E-state index in [9.17, 15) is 19.2 Å². The lowest BCUT2D eigenvalue weighted by molar-refractivity contribution is -0.186. The van der Waals surface area contributed by atoms with E-state index in [1.807, 2.05) is 0 Å². The van der Waals surface area contributed by atoms with Crippen molar-refractivity contribution in [3.8, 4) is 0 Å². The number of allylic oxidation sites excluding steroid dienone is 1. The summed E-state index contributed by atoms with van der Waals surface area (Å²) in [7, 11) is 0. The van der Waals surface area contributed by atoms with Crippen LogP contribution in [0.3, 0.4) is 0 Å². The normalized spacial score (nSPS) is 20.0. The largest absolute Gasteiger partial charge is 0.355 e. The molecule has 1 atom stereocenters. The molecule has 2 fully saturated rings. The fraction of sp³-hybridized carbons (Fsp3) is 0.684. The maximum atomic E-state index is 12.3.